The van der Waals surface area contributed by atoms with Gasteiger partial charge in [-0.1, -0.05) is 152 Å². The van der Waals surface area contributed by atoms with E-state index < -0.39 is 7.14 Å². The van der Waals surface area contributed by atoms with Crippen molar-refractivity contribution in [1.82, 2.24) is 9.55 Å². The minimum atomic E-state index is -3.09. The third-order valence-electron chi connectivity index (χ3n) is 10.2. The molecule has 51 heavy (non-hydrogen) atoms. The van der Waals surface area contributed by atoms with Gasteiger partial charge in [-0.15, -0.1) is 0 Å². The number of nitrogens with zero attached hydrogens (tertiary/aromatic N) is 2. The molecule has 3 nitrogen and oxygen atoms in total. The summed E-state index contributed by atoms with van der Waals surface area (Å²) in [5.74, 6) is 0. The molecule has 0 saturated carbocycles. The zero-order valence-corrected chi connectivity index (χ0v) is 28.5. The normalized spacial score (nSPS) is 14.8. The molecule has 0 aliphatic carbocycles. The van der Waals surface area contributed by atoms with Crippen LogP contribution < -0.4 is 15.9 Å². The molecule has 4 heteroatoms. The van der Waals surface area contributed by atoms with E-state index in [0.29, 0.717) is 0 Å². The average molecular weight is 671 g/mol. The number of rotatable bonds is 5. The Morgan fingerprint density at radius 1 is 0.451 bits per heavy atom. The lowest BCUT2D eigenvalue weighted by atomic mass is 9.99. The van der Waals surface area contributed by atoms with Gasteiger partial charge in [0.25, 0.3) is 0 Å². The number of hydrogen-bond donors (Lipinski definition) is 0. The monoisotopic (exact) mass is 670 g/mol. The molecule has 0 fully saturated rings. The Morgan fingerprint density at radius 2 is 1.04 bits per heavy atom. The average Bonchev–Trinajstić information content (AvgIpc) is 3.69. The maximum atomic E-state index is 15.4. The fourth-order valence-electron chi connectivity index (χ4n) is 7.86. The van der Waals surface area contributed by atoms with E-state index >= 15 is 4.57 Å². The van der Waals surface area contributed by atoms with Crippen LogP contribution >= 0.6 is 7.14 Å². The van der Waals surface area contributed by atoms with Crippen molar-refractivity contribution in [3.05, 3.63) is 188 Å². The summed E-state index contributed by atoms with van der Waals surface area (Å²) in [7, 11) is -3.09. The summed E-state index contributed by atoms with van der Waals surface area (Å²) >= 11 is 0. The van der Waals surface area contributed by atoms with E-state index in [1.807, 2.05) is 48.5 Å². The van der Waals surface area contributed by atoms with Gasteiger partial charge in [0.15, 0.2) is 7.14 Å². The molecule has 1 aliphatic rings. The summed E-state index contributed by atoms with van der Waals surface area (Å²) in [4.78, 5) is 5.08. The number of fused-ring (bicyclic) bond motifs is 7. The highest BCUT2D eigenvalue weighted by molar-refractivity contribution is 7.86. The van der Waals surface area contributed by atoms with E-state index in [-0.39, 0.29) is 0 Å². The number of aromatic nitrogens is 2. The molecule has 9 aromatic rings. The van der Waals surface area contributed by atoms with Gasteiger partial charge in [0.05, 0.1) is 22.4 Å². The second-order valence-electron chi connectivity index (χ2n) is 13.1. The second-order valence-corrected chi connectivity index (χ2v) is 15.8. The predicted octanol–water partition coefficient (Wildman–Crippen LogP) is 10.8. The van der Waals surface area contributed by atoms with Gasteiger partial charge in [0.2, 0.25) is 0 Å². The number of pyridine rings is 1. The van der Waals surface area contributed by atoms with Crippen molar-refractivity contribution in [2.24, 2.45) is 0 Å². The van der Waals surface area contributed by atoms with Crippen LogP contribution in [-0.2, 0) is 4.57 Å². The van der Waals surface area contributed by atoms with Gasteiger partial charge in [0.1, 0.15) is 0 Å². The molecule has 10 rings (SSSR count). The summed E-state index contributed by atoms with van der Waals surface area (Å²) in [6, 6.07) is 65.1. The van der Waals surface area contributed by atoms with Crippen LogP contribution in [0.4, 0.5) is 0 Å². The first-order valence-corrected chi connectivity index (χ1v) is 19.0. The quantitative estimate of drug-likeness (QED) is 0.171. The van der Waals surface area contributed by atoms with Crippen molar-refractivity contribution in [3.63, 3.8) is 0 Å². The fourth-order valence-corrected chi connectivity index (χ4v) is 10.9. The molecular formula is C47H31N2OP. The van der Waals surface area contributed by atoms with Crippen LogP contribution in [0.1, 0.15) is 0 Å². The molecule has 1 atom stereocenters. The molecule has 240 valence electrons. The van der Waals surface area contributed by atoms with E-state index in [9.17, 15) is 0 Å². The van der Waals surface area contributed by atoms with Crippen molar-refractivity contribution in [2.45, 2.75) is 0 Å². The third-order valence-corrected chi connectivity index (χ3v) is 13.4. The maximum absolute atomic E-state index is 15.4. The Kier molecular flexibility index (Phi) is 6.77. The molecule has 2 aromatic heterocycles. The van der Waals surface area contributed by atoms with Gasteiger partial charge in [-0.2, -0.15) is 0 Å². The van der Waals surface area contributed by atoms with Crippen molar-refractivity contribution in [2.75, 3.05) is 0 Å². The highest BCUT2D eigenvalue weighted by Crippen LogP contribution is 2.54. The predicted molar refractivity (Wildman–Crippen MR) is 213 cm³/mol. The first-order chi connectivity index (χ1) is 25.2. The topological polar surface area (TPSA) is 34.9 Å². The summed E-state index contributed by atoms with van der Waals surface area (Å²) in [6.07, 6.45) is 0. The van der Waals surface area contributed by atoms with Crippen LogP contribution in [0.25, 0.3) is 72.3 Å². The number of para-hydroxylation sites is 1. The third kappa shape index (κ3) is 4.59. The summed E-state index contributed by atoms with van der Waals surface area (Å²) in [5.41, 5.74) is 11.6. The smallest absolute Gasteiger partial charge is 0.172 e. The molecule has 3 heterocycles. The van der Waals surface area contributed by atoms with E-state index in [1.54, 1.807) is 0 Å². The zero-order chi connectivity index (χ0) is 33.9. The summed E-state index contributed by atoms with van der Waals surface area (Å²) in [6.45, 7) is 0. The van der Waals surface area contributed by atoms with Gasteiger partial charge < -0.3 is 9.13 Å². The van der Waals surface area contributed by atoms with Crippen molar-refractivity contribution in [3.8, 4) is 50.5 Å². The van der Waals surface area contributed by atoms with Crippen LogP contribution in [0.15, 0.2) is 188 Å². The van der Waals surface area contributed by atoms with Gasteiger partial charge in [-0.05, 0) is 53.1 Å². The van der Waals surface area contributed by atoms with Crippen molar-refractivity contribution < 1.29 is 4.57 Å². The number of hydrogen-bond acceptors (Lipinski definition) is 2. The van der Waals surface area contributed by atoms with Crippen LogP contribution in [-0.4, -0.2) is 9.55 Å². The molecule has 0 amide bonds. The van der Waals surface area contributed by atoms with E-state index in [0.717, 1.165) is 82.8 Å². The molecule has 0 bridgehead atoms. The lowest BCUT2D eigenvalue weighted by Gasteiger charge is -2.16. The lowest BCUT2D eigenvalue weighted by molar-refractivity contribution is 0.593. The highest BCUT2D eigenvalue weighted by Gasteiger charge is 2.41. The molecular weight excluding hydrogens is 640 g/mol. The van der Waals surface area contributed by atoms with Crippen molar-refractivity contribution in [1.29, 1.82) is 0 Å². The van der Waals surface area contributed by atoms with Crippen LogP contribution in [0.2, 0.25) is 0 Å². The Balaban J connectivity index is 1.18. The molecule has 0 N–H and O–H groups in total. The van der Waals surface area contributed by atoms with Crippen LogP contribution in [0, 0.1) is 0 Å². The van der Waals surface area contributed by atoms with Gasteiger partial charge in [-0.25, -0.2) is 4.98 Å². The first-order valence-electron chi connectivity index (χ1n) is 17.2. The molecule has 1 unspecified atom stereocenters. The Morgan fingerprint density at radius 3 is 1.73 bits per heavy atom. The fraction of sp³-hybridized carbons (Fsp3) is 0. The summed E-state index contributed by atoms with van der Waals surface area (Å²) in [5, 5.41) is 5.00. The molecule has 7 aromatic carbocycles. The van der Waals surface area contributed by atoms with Crippen LogP contribution in [0.5, 0.6) is 0 Å². The maximum Gasteiger partial charge on any atom is 0.172 e. The Labute approximate surface area is 296 Å². The summed E-state index contributed by atoms with van der Waals surface area (Å²) < 4.78 is 17.8. The minimum absolute atomic E-state index is 0.865. The number of benzene rings is 7. The Bertz CT molecular complexity index is 2750. The molecule has 0 spiro atoms. The van der Waals surface area contributed by atoms with E-state index in [1.165, 1.54) is 5.39 Å². The first kappa shape index (κ1) is 29.6. The molecule has 1 aliphatic heterocycles. The van der Waals surface area contributed by atoms with Gasteiger partial charge in [-0.3, -0.25) is 0 Å². The largest absolute Gasteiger partial charge is 0.309 e. The SMILES string of the molecule is O=P1(c2ccccc2)c2ccccc2-c2c1ccc1c3ccccc3n(-c3ccc(-c4cc(-c5ccccc5)nc(-c5ccccc5)c4)cc3)c21. The molecule has 0 saturated heterocycles. The van der Waals surface area contributed by atoms with E-state index in [4.69, 9.17) is 4.98 Å². The zero-order valence-electron chi connectivity index (χ0n) is 27.6. The van der Waals surface area contributed by atoms with Gasteiger partial charge >= 0.3 is 0 Å². The van der Waals surface area contributed by atoms with Crippen molar-refractivity contribution >= 4 is 44.9 Å². The molecule has 0 radical (unpaired) electrons. The van der Waals surface area contributed by atoms with Gasteiger partial charge in [0, 0.05) is 49.1 Å². The second kappa shape index (κ2) is 11.7. The highest BCUT2D eigenvalue weighted by atomic mass is 31.2. The Hall–Kier alpha value is -6.28. The van der Waals surface area contributed by atoms with Crippen LogP contribution in [0.3, 0.4) is 0 Å². The lowest BCUT2D eigenvalue weighted by Crippen LogP contribution is -2.20. The minimum Gasteiger partial charge on any atom is -0.309 e. The van der Waals surface area contributed by atoms with E-state index in [2.05, 4.69) is 144 Å². The standard InChI is InChI=1S/C47H31N2OP/c50-51(37-18-8-3-9-19-37)44-23-13-11-21-40(44)46-45(51)29-28-39-38-20-10-12-22-43(38)49(47(39)46)36-26-24-32(25-27-36)35-30-41(33-14-4-1-5-15-33)48-42(31-35)34-16-6-2-7-17-34/h1-31H.